The number of rotatable bonds is 6. The summed E-state index contributed by atoms with van der Waals surface area (Å²) in [5.74, 6) is 0.853. The van der Waals surface area contributed by atoms with Crippen LogP contribution < -0.4 is 5.32 Å². The molecule has 1 N–H and O–H groups in total. The van der Waals surface area contributed by atoms with Crippen LogP contribution in [0.25, 0.3) is 10.8 Å². The summed E-state index contributed by atoms with van der Waals surface area (Å²) in [5.41, 5.74) is 3.94. The van der Waals surface area contributed by atoms with E-state index >= 15 is 0 Å². The molecule has 0 bridgehead atoms. The topological polar surface area (TPSA) is 41.3 Å². The molecule has 0 aliphatic carbocycles. The fourth-order valence-corrected chi connectivity index (χ4v) is 4.26. The molecule has 4 rings (SSSR count). The maximum absolute atomic E-state index is 5.42. The molecule has 0 radical (unpaired) electrons. The zero-order chi connectivity index (χ0) is 17.8. The van der Waals surface area contributed by atoms with E-state index in [-0.39, 0.29) is 0 Å². The lowest BCUT2D eigenvalue weighted by molar-refractivity contribution is 0.189. The smallest absolute Gasteiger partial charge is 0.162 e. The van der Waals surface area contributed by atoms with Crippen LogP contribution in [0.2, 0.25) is 0 Å². The minimum atomic E-state index is 0.580. The molecule has 1 fully saturated rings. The lowest BCUT2D eigenvalue weighted by Gasteiger charge is -2.32. The van der Waals surface area contributed by atoms with Gasteiger partial charge in [0.15, 0.2) is 10.8 Å². The molecule has 1 aliphatic rings. The number of nitrogens with one attached hydrogen (secondary N) is 1. The zero-order valence-corrected chi connectivity index (χ0v) is 16.0. The number of furan rings is 1. The summed E-state index contributed by atoms with van der Waals surface area (Å²) in [6.07, 6.45) is 4.08. The van der Waals surface area contributed by atoms with Crippen LogP contribution >= 0.6 is 11.3 Å². The molecule has 2 aromatic heterocycles. The standard InChI is InChI=1S/C21H25N3OS/c1-16-5-2-3-6-17(16)14-24-10-8-18(9-11-24)22-13-19-15-26-21(23-19)20-7-4-12-25-20/h2-7,12,15,18,22H,8-11,13-14H2,1H3. The fourth-order valence-electron chi connectivity index (χ4n) is 3.47. The number of nitrogens with zero attached hydrogens (tertiary/aromatic N) is 2. The normalized spacial score (nSPS) is 16.2. The molecule has 0 atom stereocenters. The third-order valence-electron chi connectivity index (χ3n) is 5.10. The van der Waals surface area contributed by atoms with Crippen molar-refractivity contribution in [2.75, 3.05) is 13.1 Å². The maximum atomic E-state index is 5.42. The minimum absolute atomic E-state index is 0.580. The highest BCUT2D eigenvalue weighted by Crippen LogP contribution is 2.24. The average molecular weight is 368 g/mol. The second-order valence-electron chi connectivity index (χ2n) is 6.98. The van der Waals surface area contributed by atoms with Gasteiger partial charge in [0.05, 0.1) is 12.0 Å². The van der Waals surface area contributed by atoms with Gasteiger partial charge in [-0.25, -0.2) is 4.98 Å². The van der Waals surface area contributed by atoms with Crippen LogP contribution in [0.3, 0.4) is 0 Å². The Hall–Kier alpha value is -1.95. The summed E-state index contributed by atoms with van der Waals surface area (Å²) in [5, 5.41) is 6.76. The van der Waals surface area contributed by atoms with E-state index in [0.29, 0.717) is 6.04 Å². The Kier molecular flexibility index (Phi) is 5.48. The van der Waals surface area contributed by atoms with Crippen molar-refractivity contribution in [3.63, 3.8) is 0 Å². The second kappa shape index (κ2) is 8.16. The molecule has 0 unspecified atom stereocenters. The number of piperidine rings is 1. The predicted molar refractivity (Wildman–Crippen MR) is 106 cm³/mol. The van der Waals surface area contributed by atoms with Gasteiger partial charge in [0.1, 0.15) is 0 Å². The van der Waals surface area contributed by atoms with Gasteiger partial charge in [0.2, 0.25) is 0 Å². The van der Waals surface area contributed by atoms with Gasteiger partial charge in [-0.15, -0.1) is 11.3 Å². The van der Waals surface area contributed by atoms with Crippen LogP contribution in [-0.2, 0) is 13.1 Å². The number of aryl methyl sites for hydroxylation is 1. The number of thiazole rings is 1. The first-order valence-corrected chi connectivity index (χ1v) is 10.1. The van der Waals surface area contributed by atoms with Gasteiger partial charge in [-0.3, -0.25) is 4.90 Å². The van der Waals surface area contributed by atoms with Gasteiger partial charge in [0.25, 0.3) is 0 Å². The van der Waals surface area contributed by atoms with E-state index in [9.17, 15) is 0 Å². The van der Waals surface area contributed by atoms with Crippen molar-refractivity contribution < 1.29 is 4.42 Å². The lowest BCUT2D eigenvalue weighted by atomic mass is 10.0. The van der Waals surface area contributed by atoms with E-state index in [1.807, 2.05) is 12.1 Å². The number of aromatic nitrogens is 1. The van der Waals surface area contributed by atoms with Crippen molar-refractivity contribution in [2.45, 2.75) is 38.9 Å². The Bertz CT molecular complexity index is 819. The first-order chi connectivity index (χ1) is 12.8. The van der Waals surface area contributed by atoms with Crippen molar-refractivity contribution in [3.8, 4) is 10.8 Å². The van der Waals surface area contributed by atoms with E-state index in [1.54, 1.807) is 17.6 Å². The van der Waals surface area contributed by atoms with E-state index in [0.717, 1.165) is 42.6 Å². The van der Waals surface area contributed by atoms with Crippen LogP contribution in [-0.4, -0.2) is 29.0 Å². The Labute approximate surface area is 158 Å². The van der Waals surface area contributed by atoms with Crippen molar-refractivity contribution >= 4 is 11.3 Å². The molecule has 3 aromatic rings. The predicted octanol–water partition coefficient (Wildman–Crippen LogP) is 4.47. The van der Waals surface area contributed by atoms with Crippen LogP contribution in [0.4, 0.5) is 0 Å². The van der Waals surface area contributed by atoms with Crippen LogP contribution in [0, 0.1) is 6.92 Å². The summed E-state index contributed by atoms with van der Waals surface area (Å²) in [4.78, 5) is 7.24. The average Bonchev–Trinajstić information content (AvgIpc) is 3.34. The summed E-state index contributed by atoms with van der Waals surface area (Å²) >= 11 is 1.64. The quantitative estimate of drug-likeness (QED) is 0.698. The summed E-state index contributed by atoms with van der Waals surface area (Å²) in [6, 6.07) is 13.1. The Morgan fingerprint density at radius 2 is 2.04 bits per heavy atom. The maximum Gasteiger partial charge on any atom is 0.162 e. The largest absolute Gasteiger partial charge is 0.462 e. The SMILES string of the molecule is Cc1ccccc1CN1CCC(NCc2csc(-c3ccco3)n2)CC1. The number of hydrogen-bond donors (Lipinski definition) is 1. The molecular formula is C21H25N3OS. The molecule has 1 aromatic carbocycles. The third-order valence-corrected chi connectivity index (χ3v) is 6.00. The summed E-state index contributed by atoms with van der Waals surface area (Å²) in [7, 11) is 0. The van der Waals surface area contributed by atoms with E-state index < -0.39 is 0 Å². The van der Waals surface area contributed by atoms with Crippen molar-refractivity contribution in [2.24, 2.45) is 0 Å². The molecule has 1 aliphatic heterocycles. The van der Waals surface area contributed by atoms with Crippen molar-refractivity contribution in [1.82, 2.24) is 15.2 Å². The van der Waals surface area contributed by atoms with Crippen LogP contribution in [0.15, 0.2) is 52.5 Å². The molecule has 1 saturated heterocycles. The number of hydrogen-bond acceptors (Lipinski definition) is 5. The van der Waals surface area contributed by atoms with Gasteiger partial charge >= 0.3 is 0 Å². The number of benzene rings is 1. The number of likely N-dealkylation sites (tertiary alicyclic amines) is 1. The van der Waals surface area contributed by atoms with Gasteiger partial charge < -0.3 is 9.73 Å². The molecular weight excluding hydrogens is 342 g/mol. The van der Waals surface area contributed by atoms with E-state index in [4.69, 9.17) is 4.42 Å². The molecule has 3 heterocycles. The van der Waals surface area contributed by atoms with Crippen molar-refractivity contribution in [3.05, 3.63) is 64.9 Å². The fraction of sp³-hybridized carbons (Fsp3) is 0.381. The highest BCUT2D eigenvalue weighted by Gasteiger charge is 2.19. The summed E-state index contributed by atoms with van der Waals surface area (Å²) < 4.78 is 5.42. The Morgan fingerprint density at radius 3 is 2.81 bits per heavy atom. The molecule has 0 spiro atoms. The van der Waals surface area contributed by atoms with Gasteiger partial charge in [0, 0.05) is 24.5 Å². The molecule has 136 valence electrons. The second-order valence-corrected chi connectivity index (χ2v) is 7.84. The molecule has 0 saturated carbocycles. The van der Waals surface area contributed by atoms with E-state index in [2.05, 4.69) is 51.8 Å². The van der Waals surface area contributed by atoms with Crippen molar-refractivity contribution in [1.29, 1.82) is 0 Å². The molecule has 4 nitrogen and oxygen atoms in total. The first-order valence-electron chi connectivity index (χ1n) is 9.26. The molecule has 0 amide bonds. The van der Waals surface area contributed by atoms with Gasteiger partial charge in [-0.05, 0) is 56.1 Å². The highest BCUT2D eigenvalue weighted by atomic mass is 32.1. The van der Waals surface area contributed by atoms with Gasteiger partial charge in [-0.1, -0.05) is 24.3 Å². The van der Waals surface area contributed by atoms with Crippen LogP contribution in [0.5, 0.6) is 0 Å². The minimum Gasteiger partial charge on any atom is -0.462 e. The first kappa shape index (κ1) is 17.5. The van der Waals surface area contributed by atoms with Gasteiger partial charge in [-0.2, -0.15) is 0 Å². The Balaban J connectivity index is 1.24. The molecule has 26 heavy (non-hydrogen) atoms. The third kappa shape index (κ3) is 4.23. The zero-order valence-electron chi connectivity index (χ0n) is 15.1. The monoisotopic (exact) mass is 367 g/mol. The lowest BCUT2D eigenvalue weighted by Crippen LogP contribution is -2.42. The van der Waals surface area contributed by atoms with E-state index in [1.165, 1.54) is 24.0 Å². The summed E-state index contributed by atoms with van der Waals surface area (Å²) in [6.45, 7) is 6.41. The Morgan fingerprint density at radius 1 is 1.19 bits per heavy atom. The highest BCUT2D eigenvalue weighted by molar-refractivity contribution is 7.13. The van der Waals surface area contributed by atoms with Crippen LogP contribution in [0.1, 0.15) is 29.7 Å². The molecule has 5 heteroatoms.